The fourth-order valence-electron chi connectivity index (χ4n) is 3.78. The molecule has 0 spiro atoms. The standard InChI is InChI=1S/C22H25NO5/c1-27-19-9-5-8-18(20(19)28-2)21(24)23-12-10-15(11-13-23)14-16-6-3-4-7-17(16)22(25)26/h3-9,15H,10-14H2,1-2H3,(H,25,26). The summed E-state index contributed by atoms with van der Waals surface area (Å²) < 4.78 is 10.7. The first-order valence-electron chi connectivity index (χ1n) is 9.36. The van der Waals surface area contributed by atoms with Crippen LogP contribution in [0.3, 0.4) is 0 Å². The molecule has 0 atom stereocenters. The second-order valence-electron chi connectivity index (χ2n) is 6.94. The zero-order chi connectivity index (χ0) is 20.1. The molecule has 6 nitrogen and oxygen atoms in total. The molecule has 1 N–H and O–H groups in total. The van der Waals surface area contributed by atoms with Gasteiger partial charge in [-0.3, -0.25) is 4.79 Å². The van der Waals surface area contributed by atoms with Crippen molar-refractivity contribution in [1.82, 2.24) is 4.90 Å². The molecule has 148 valence electrons. The third kappa shape index (κ3) is 4.11. The van der Waals surface area contributed by atoms with Crippen molar-refractivity contribution in [2.24, 2.45) is 5.92 Å². The number of hydrogen-bond acceptors (Lipinski definition) is 4. The van der Waals surface area contributed by atoms with Crippen molar-refractivity contribution < 1.29 is 24.2 Å². The Morgan fingerprint density at radius 1 is 1.00 bits per heavy atom. The molecule has 0 aliphatic carbocycles. The van der Waals surface area contributed by atoms with Crippen LogP contribution in [0.4, 0.5) is 0 Å². The average molecular weight is 383 g/mol. The summed E-state index contributed by atoms with van der Waals surface area (Å²) >= 11 is 0. The van der Waals surface area contributed by atoms with Crippen LogP contribution in [0.15, 0.2) is 42.5 Å². The van der Waals surface area contributed by atoms with Gasteiger partial charge in [0.2, 0.25) is 0 Å². The predicted octanol–water partition coefficient (Wildman–Crippen LogP) is 3.50. The number of hydrogen-bond donors (Lipinski definition) is 1. The second kappa shape index (κ2) is 8.78. The van der Waals surface area contributed by atoms with Gasteiger partial charge >= 0.3 is 5.97 Å². The number of carboxylic acid groups (broad SMARTS) is 1. The van der Waals surface area contributed by atoms with Gasteiger partial charge in [0.05, 0.1) is 25.3 Å². The van der Waals surface area contributed by atoms with E-state index in [-0.39, 0.29) is 5.91 Å². The van der Waals surface area contributed by atoms with E-state index < -0.39 is 5.97 Å². The van der Waals surface area contributed by atoms with Crippen molar-refractivity contribution in [2.45, 2.75) is 19.3 Å². The van der Waals surface area contributed by atoms with E-state index in [1.807, 2.05) is 17.0 Å². The quantitative estimate of drug-likeness (QED) is 0.826. The highest BCUT2D eigenvalue weighted by Gasteiger charge is 2.27. The summed E-state index contributed by atoms with van der Waals surface area (Å²) in [7, 11) is 3.08. The van der Waals surface area contributed by atoms with Crippen LogP contribution in [0.2, 0.25) is 0 Å². The molecular weight excluding hydrogens is 358 g/mol. The summed E-state index contributed by atoms with van der Waals surface area (Å²) in [6.07, 6.45) is 2.39. The summed E-state index contributed by atoms with van der Waals surface area (Å²) in [5.41, 5.74) is 1.72. The van der Waals surface area contributed by atoms with Gasteiger partial charge in [0.15, 0.2) is 11.5 Å². The second-order valence-corrected chi connectivity index (χ2v) is 6.94. The minimum absolute atomic E-state index is 0.0693. The SMILES string of the molecule is COc1cccc(C(=O)N2CCC(Cc3ccccc3C(=O)O)CC2)c1OC. The number of nitrogens with zero attached hydrogens (tertiary/aromatic N) is 1. The normalized spacial score (nSPS) is 14.6. The fourth-order valence-corrected chi connectivity index (χ4v) is 3.78. The smallest absolute Gasteiger partial charge is 0.335 e. The molecule has 2 aromatic rings. The Kier molecular flexibility index (Phi) is 6.19. The largest absolute Gasteiger partial charge is 0.493 e. The fraction of sp³-hybridized carbons (Fsp3) is 0.364. The van der Waals surface area contributed by atoms with Crippen LogP contribution in [-0.4, -0.2) is 49.2 Å². The average Bonchev–Trinajstić information content (AvgIpc) is 2.73. The molecule has 1 aliphatic heterocycles. The first-order valence-corrected chi connectivity index (χ1v) is 9.36. The Balaban J connectivity index is 1.66. The number of methoxy groups -OCH3 is 2. The van der Waals surface area contributed by atoms with Gasteiger partial charge in [-0.1, -0.05) is 24.3 Å². The number of amides is 1. The molecule has 0 unspecified atom stereocenters. The molecule has 3 rings (SSSR count). The van der Waals surface area contributed by atoms with Gasteiger partial charge in [0.1, 0.15) is 0 Å². The number of carbonyl (C=O) groups excluding carboxylic acids is 1. The molecule has 1 aliphatic rings. The Bertz CT molecular complexity index is 856. The molecule has 2 aromatic carbocycles. The molecule has 1 fully saturated rings. The van der Waals surface area contributed by atoms with Gasteiger partial charge in [-0.15, -0.1) is 0 Å². The molecule has 0 radical (unpaired) electrons. The lowest BCUT2D eigenvalue weighted by molar-refractivity contribution is 0.0686. The number of ether oxygens (including phenoxy) is 2. The Morgan fingerprint density at radius 2 is 1.68 bits per heavy atom. The highest BCUT2D eigenvalue weighted by Crippen LogP contribution is 2.32. The van der Waals surface area contributed by atoms with Crippen LogP contribution in [0.1, 0.15) is 39.1 Å². The van der Waals surface area contributed by atoms with E-state index in [2.05, 4.69) is 0 Å². The molecule has 6 heteroatoms. The zero-order valence-corrected chi connectivity index (χ0v) is 16.2. The lowest BCUT2D eigenvalue weighted by Gasteiger charge is -2.32. The van der Waals surface area contributed by atoms with Crippen LogP contribution in [0.25, 0.3) is 0 Å². The lowest BCUT2D eigenvalue weighted by atomic mass is 9.88. The van der Waals surface area contributed by atoms with E-state index in [9.17, 15) is 14.7 Å². The lowest BCUT2D eigenvalue weighted by Crippen LogP contribution is -2.39. The van der Waals surface area contributed by atoms with Crippen molar-refractivity contribution in [1.29, 1.82) is 0 Å². The van der Waals surface area contributed by atoms with Gasteiger partial charge in [-0.05, 0) is 48.9 Å². The molecule has 1 amide bonds. The highest BCUT2D eigenvalue weighted by molar-refractivity contribution is 5.98. The van der Waals surface area contributed by atoms with Crippen molar-refractivity contribution in [2.75, 3.05) is 27.3 Å². The number of carbonyl (C=O) groups is 2. The van der Waals surface area contributed by atoms with Crippen LogP contribution < -0.4 is 9.47 Å². The number of benzene rings is 2. The van der Waals surface area contributed by atoms with Crippen molar-refractivity contribution >= 4 is 11.9 Å². The molecule has 0 bridgehead atoms. The number of piperidine rings is 1. The monoisotopic (exact) mass is 383 g/mol. The number of para-hydroxylation sites is 1. The third-order valence-electron chi connectivity index (χ3n) is 5.29. The Labute approximate surface area is 164 Å². The van der Waals surface area contributed by atoms with Gasteiger partial charge in [-0.25, -0.2) is 4.79 Å². The molecule has 0 saturated carbocycles. The summed E-state index contributed by atoms with van der Waals surface area (Å²) in [4.78, 5) is 26.2. The molecular formula is C22H25NO5. The molecule has 0 aromatic heterocycles. The van der Waals surface area contributed by atoms with Crippen LogP contribution in [0, 0.1) is 5.92 Å². The molecule has 1 saturated heterocycles. The van der Waals surface area contributed by atoms with E-state index in [0.29, 0.717) is 48.1 Å². The van der Waals surface area contributed by atoms with Crippen molar-refractivity contribution in [3.05, 3.63) is 59.2 Å². The van der Waals surface area contributed by atoms with E-state index in [1.165, 1.54) is 7.11 Å². The minimum Gasteiger partial charge on any atom is -0.493 e. The maximum absolute atomic E-state index is 13.0. The summed E-state index contributed by atoms with van der Waals surface area (Å²) in [5, 5.41) is 9.35. The number of aromatic carboxylic acids is 1. The topological polar surface area (TPSA) is 76.1 Å². The minimum atomic E-state index is -0.895. The Morgan fingerprint density at radius 3 is 2.32 bits per heavy atom. The summed E-state index contributed by atoms with van der Waals surface area (Å²) in [6.45, 7) is 1.28. The van der Waals surface area contributed by atoms with E-state index in [4.69, 9.17) is 9.47 Å². The third-order valence-corrected chi connectivity index (χ3v) is 5.29. The maximum Gasteiger partial charge on any atom is 0.335 e. The van der Waals surface area contributed by atoms with Gasteiger partial charge in [-0.2, -0.15) is 0 Å². The number of carboxylic acids is 1. The van der Waals surface area contributed by atoms with Gasteiger partial charge < -0.3 is 19.5 Å². The van der Waals surface area contributed by atoms with Crippen molar-refractivity contribution in [3.63, 3.8) is 0 Å². The maximum atomic E-state index is 13.0. The molecule has 28 heavy (non-hydrogen) atoms. The zero-order valence-electron chi connectivity index (χ0n) is 16.2. The van der Waals surface area contributed by atoms with Crippen LogP contribution >= 0.6 is 0 Å². The molecule has 1 heterocycles. The van der Waals surface area contributed by atoms with Crippen LogP contribution in [-0.2, 0) is 6.42 Å². The summed E-state index contributed by atoms with van der Waals surface area (Å²) in [5.74, 6) is 0.381. The first-order chi connectivity index (χ1) is 13.5. The van der Waals surface area contributed by atoms with Crippen LogP contribution in [0.5, 0.6) is 11.5 Å². The van der Waals surface area contributed by atoms with E-state index in [0.717, 1.165) is 18.4 Å². The number of likely N-dealkylation sites (tertiary alicyclic amines) is 1. The number of rotatable bonds is 6. The van der Waals surface area contributed by atoms with Crippen molar-refractivity contribution in [3.8, 4) is 11.5 Å². The van der Waals surface area contributed by atoms with E-state index in [1.54, 1.807) is 37.4 Å². The predicted molar refractivity (Wildman–Crippen MR) is 105 cm³/mol. The highest BCUT2D eigenvalue weighted by atomic mass is 16.5. The first kappa shape index (κ1) is 19.7. The van der Waals surface area contributed by atoms with E-state index >= 15 is 0 Å². The van der Waals surface area contributed by atoms with Gasteiger partial charge in [0, 0.05) is 13.1 Å². The summed E-state index contributed by atoms with van der Waals surface area (Å²) in [6, 6.07) is 12.4. The Hall–Kier alpha value is -3.02. The van der Waals surface area contributed by atoms with Gasteiger partial charge in [0.25, 0.3) is 5.91 Å².